The van der Waals surface area contributed by atoms with Crippen LogP contribution in [0.25, 0.3) is 0 Å². The lowest BCUT2D eigenvalue weighted by Crippen LogP contribution is -2.41. The van der Waals surface area contributed by atoms with Crippen LogP contribution in [0.15, 0.2) is 15.6 Å². The van der Waals surface area contributed by atoms with E-state index in [4.69, 9.17) is 4.42 Å². The molecule has 0 saturated carbocycles. The third kappa shape index (κ3) is 7.53. The predicted molar refractivity (Wildman–Crippen MR) is 96.8 cm³/mol. The summed E-state index contributed by atoms with van der Waals surface area (Å²) in [6, 6.07) is 0.410. The molecule has 0 bridgehead atoms. The van der Waals surface area contributed by atoms with Crippen LogP contribution in [0.4, 0.5) is 0 Å². The maximum absolute atomic E-state index is 5.78. The van der Waals surface area contributed by atoms with Gasteiger partial charge in [-0.1, -0.05) is 53.4 Å². The van der Waals surface area contributed by atoms with Crippen molar-refractivity contribution in [2.24, 2.45) is 4.99 Å². The van der Waals surface area contributed by atoms with E-state index in [9.17, 15) is 0 Å². The first-order valence-electron chi connectivity index (χ1n) is 8.79. The van der Waals surface area contributed by atoms with Crippen molar-refractivity contribution in [3.8, 4) is 0 Å². The number of hydrogen-bond acceptors (Lipinski definition) is 3. The molecule has 0 aliphatic heterocycles. The molecule has 0 radical (unpaired) electrons. The summed E-state index contributed by atoms with van der Waals surface area (Å²) < 4.78 is 5.78. The van der Waals surface area contributed by atoms with Crippen LogP contribution in [0.1, 0.15) is 78.4 Å². The molecule has 1 heterocycles. The van der Waals surface area contributed by atoms with Crippen molar-refractivity contribution in [2.45, 2.75) is 84.7 Å². The van der Waals surface area contributed by atoms with Crippen LogP contribution in [0.3, 0.4) is 0 Å². The molecule has 2 N–H and O–H groups in total. The van der Waals surface area contributed by atoms with Crippen LogP contribution in [0.2, 0.25) is 0 Å². The van der Waals surface area contributed by atoms with Gasteiger partial charge >= 0.3 is 0 Å². The van der Waals surface area contributed by atoms with Crippen LogP contribution < -0.4 is 10.6 Å². The van der Waals surface area contributed by atoms with E-state index < -0.39 is 0 Å². The molecule has 0 aromatic carbocycles. The Balaban J connectivity index is 2.38. The molecule has 0 amide bonds. The predicted octanol–water partition coefficient (Wildman–Crippen LogP) is 4.00. The van der Waals surface area contributed by atoms with E-state index >= 15 is 0 Å². The number of hydrogen-bond donors (Lipinski definition) is 2. The molecule has 0 saturated heterocycles. The number of oxazole rings is 1. The highest BCUT2D eigenvalue weighted by molar-refractivity contribution is 5.79. The molecule has 0 aliphatic rings. The molecule has 0 spiro atoms. The Bertz CT molecular complexity index is 474. The molecule has 1 aromatic heterocycles. The first-order valence-corrected chi connectivity index (χ1v) is 8.79. The van der Waals surface area contributed by atoms with Gasteiger partial charge in [-0.05, 0) is 13.3 Å². The molecule has 0 fully saturated rings. The van der Waals surface area contributed by atoms with E-state index in [2.05, 4.69) is 55.2 Å². The van der Waals surface area contributed by atoms with Crippen molar-refractivity contribution in [1.82, 2.24) is 15.6 Å². The largest absolute Gasteiger partial charge is 0.443 e. The fourth-order valence-corrected chi connectivity index (χ4v) is 2.28. The lowest BCUT2D eigenvalue weighted by atomic mass is 9.94. The fraction of sp³-hybridized carbons (Fsp3) is 0.778. The Morgan fingerprint density at radius 2 is 2.04 bits per heavy atom. The highest BCUT2D eigenvalue weighted by Crippen LogP contribution is 2.22. The number of nitrogens with one attached hydrogen (secondary N) is 2. The van der Waals surface area contributed by atoms with Crippen LogP contribution in [0, 0.1) is 0 Å². The van der Waals surface area contributed by atoms with Gasteiger partial charge in [-0.2, -0.15) is 0 Å². The van der Waals surface area contributed by atoms with E-state index in [1.807, 2.05) is 6.20 Å². The monoisotopic (exact) mass is 322 g/mol. The van der Waals surface area contributed by atoms with Crippen molar-refractivity contribution in [1.29, 1.82) is 0 Å². The lowest BCUT2D eigenvalue weighted by Gasteiger charge is -2.17. The fourth-order valence-electron chi connectivity index (χ4n) is 2.28. The van der Waals surface area contributed by atoms with Crippen molar-refractivity contribution in [3.05, 3.63) is 17.8 Å². The topological polar surface area (TPSA) is 62.5 Å². The van der Waals surface area contributed by atoms with Crippen LogP contribution in [0.5, 0.6) is 0 Å². The van der Waals surface area contributed by atoms with Gasteiger partial charge in [-0.3, -0.25) is 4.99 Å². The van der Waals surface area contributed by atoms with E-state index in [-0.39, 0.29) is 5.41 Å². The summed E-state index contributed by atoms with van der Waals surface area (Å²) in [6.45, 7) is 11.3. The van der Waals surface area contributed by atoms with E-state index in [0.29, 0.717) is 18.5 Å². The highest BCUT2D eigenvalue weighted by Gasteiger charge is 2.19. The second-order valence-electron chi connectivity index (χ2n) is 7.19. The lowest BCUT2D eigenvalue weighted by molar-refractivity contribution is 0.379. The smallest absolute Gasteiger partial charge is 0.213 e. The number of unbranched alkanes of at least 4 members (excludes halogenated alkanes) is 3. The standard InChI is InChI=1S/C18H34N4O/c1-7-8-9-10-11-14(2)22-17(19-6)21-13-16-20-12-15(23-16)18(3,4)5/h12,14H,7-11,13H2,1-6H3,(H2,19,21,22). The number of aliphatic imine (C=N–C) groups is 1. The Labute approximate surface area is 141 Å². The van der Waals surface area contributed by atoms with Gasteiger partial charge in [-0.25, -0.2) is 4.98 Å². The van der Waals surface area contributed by atoms with Gasteiger partial charge in [0, 0.05) is 18.5 Å². The molecule has 1 rings (SSSR count). The summed E-state index contributed by atoms with van der Waals surface area (Å²) in [5, 5.41) is 6.69. The van der Waals surface area contributed by atoms with Gasteiger partial charge in [0.05, 0.1) is 12.7 Å². The van der Waals surface area contributed by atoms with Crippen molar-refractivity contribution >= 4 is 5.96 Å². The van der Waals surface area contributed by atoms with Crippen molar-refractivity contribution in [2.75, 3.05) is 7.05 Å². The SMILES string of the molecule is CCCCCCC(C)NC(=NC)NCc1ncc(C(C)(C)C)o1. The van der Waals surface area contributed by atoms with Gasteiger partial charge in [0.15, 0.2) is 5.96 Å². The minimum atomic E-state index is -0.0157. The van der Waals surface area contributed by atoms with E-state index in [0.717, 1.165) is 18.1 Å². The Morgan fingerprint density at radius 3 is 2.61 bits per heavy atom. The minimum absolute atomic E-state index is 0.0157. The van der Waals surface area contributed by atoms with Gasteiger partial charge in [-0.15, -0.1) is 0 Å². The molecule has 1 unspecified atom stereocenters. The average Bonchev–Trinajstić information content (AvgIpc) is 2.97. The molecule has 0 aliphatic carbocycles. The summed E-state index contributed by atoms with van der Waals surface area (Å²) >= 11 is 0. The second-order valence-corrected chi connectivity index (χ2v) is 7.19. The van der Waals surface area contributed by atoms with Gasteiger partial charge in [0.2, 0.25) is 5.89 Å². The zero-order chi connectivity index (χ0) is 17.3. The molecule has 1 atom stereocenters. The Kier molecular flexibility index (Phi) is 8.13. The molecular weight excluding hydrogens is 288 g/mol. The number of nitrogens with zero attached hydrogens (tertiary/aromatic N) is 2. The third-order valence-electron chi connectivity index (χ3n) is 3.80. The summed E-state index contributed by atoms with van der Waals surface area (Å²) in [5.41, 5.74) is -0.0157. The molecule has 5 heteroatoms. The first kappa shape index (κ1) is 19.5. The minimum Gasteiger partial charge on any atom is -0.443 e. The second kappa shape index (κ2) is 9.58. The van der Waals surface area contributed by atoms with Gasteiger partial charge in [0.25, 0.3) is 0 Å². The zero-order valence-corrected chi connectivity index (χ0v) is 15.7. The van der Waals surface area contributed by atoms with E-state index in [1.165, 1.54) is 25.7 Å². The molecule has 132 valence electrons. The van der Waals surface area contributed by atoms with Crippen LogP contribution >= 0.6 is 0 Å². The molecule has 1 aromatic rings. The van der Waals surface area contributed by atoms with Gasteiger partial charge in [0.1, 0.15) is 5.76 Å². The van der Waals surface area contributed by atoms with E-state index in [1.54, 1.807) is 7.05 Å². The summed E-state index contributed by atoms with van der Waals surface area (Å²) in [4.78, 5) is 8.59. The maximum Gasteiger partial charge on any atom is 0.213 e. The number of aromatic nitrogens is 1. The number of rotatable bonds is 8. The van der Waals surface area contributed by atoms with Gasteiger partial charge < -0.3 is 15.1 Å². The number of guanidine groups is 1. The third-order valence-corrected chi connectivity index (χ3v) is 3.80. The normalized spacial score (nSPS) is 13.9. The first-order chi connectivity index (χ1) is 10.9. The Morgan fingerprint density at radius 1 is 1.30 bits per heavy atom. The molecule has 5 nitrogen and oxygen atoms in total. The summed E-state index contributed by atoms with van der Waals surface area (Å²) in [5.74, 6) is 2.39. The maximum atomic E-state index is 5.78. The van der Waals surface area contributed by atoms with Crippen LogP contribution in [-0.2, 0) is 12.0 Å². The Hall–Kier alpha value is -1.52. The average molecular weight is 322 g/mol. The molecular formula is C18H34N4O. The van der Waals surface area contributed by atoms with Crippen molar-refractivity contribution in [3.63, 3.8) is 0 Å². The van der Waals surface area contributed by atoms with Crippen molar-refractivity contribution < 1.29 is 4.42 Å². The summed E-state index contributed by atoms with van der Waals surface area (Å²) in [6.07, 6.45) is 8.13. The van der Waals surface area contributed by atoms with Crippen LogP contribution in [-0.4, -0.2) is 24.0 Å². The summed E-state index contributed by atoms with van der Waals surface area (Å²) in [7, 11) is 1.79. The highest BCUT2D eigenvalue weighted by atomic mass is 16.4. The zero-order valence-electron chi connectivity index (χ0n) is 15.7. The quantitative estimate of drug-likeness (QED) is 0.431. The molecule has 23 heavy (non-hydrogen) atoms.